The van der Waals surface area contributed by atoms with Crippen LogP contribution in [0, 0.1) is 5.92 Å². The van der Waals surface area contributed by atoms with Crippen molar-refractivity contribution in [3.05, 3.63) is 42.0 Å². The summed E-state index contributed by atoms with van der Waals surface area (Å²) in [5.41, 5.74) is 1.51. The van der Waals surface area contributed by atoms with Crippen molar-refractivity contribution >= 4 is 5.91 Å². The molecule has 1 atom stereocenters. The van der Waals surface area contributed by atoms with E-state index in [9.17, 15) is 4.79 Å². The van der Waals surface area contributed by atoms with Gasteiger partial charge in [0.05, 0.1) is 12.7 Å². The van der Waals surface area contributed by atoms with Crippen LogP contribution in [0.5, 0.6) is 5.75 Å². The van der Waals surface area contributed by atoms with Gasteiger partial charge in [0, 0.05) is 24.9 Å². The van der Waals surface area contributed by atoms with Crippen molar-refractivity contribution < 1.29 is 9.53 Å². The molecule has 116 valence electrons. The number of nitrogens with zero attached hydrogens (tertiary/aromatic N) is 3. The maximum Gasteiger partial charge on any atom is 0.271 e. The predicted octanol–water partition coefficient (Wildman–Crippen LogP) is 1.67. The lowest BCUT2D eigenvalue weighted by atomic mass is 10.2. The molecular formula is C16H20N4O2. The Morgan fingerprint density at radius 2 is 2.41 bits per heavy atom. The van der Waals surface area contributed by atoms with E-state index in [0.717, 1.165) is 17.9 Å². The van der Waals surface area contributed by atoms with E-state index >= 15 is 0 Å². The first-order valence-corrected chi connectivity index (χ1v) is 7.53. The van der Waals surface area contributed by atoms with Crippen molar-refractivity contribution in [3.8, 4) is 5.75 Å². The van der Waals surface area contributed by atoms with E-state index in [1.807, 2.05) is 22.9 Å². The predicted molar refractivity (Wildman–Crippen MR) is 81.8 cm³/mol. The molecule has 0 radical (unpaired) electrons. The van der Waals surface area contributed by atoms with Crippen LogP contribution < -0.4 is 10.1 Å². The van der Waals surface area contributed by atoms with E-state index < -0.39 is 0 Å². The molecule has 0 saturated heterocycles. The van der Waals surface area contributed by atoms with Crippen LogP contribution in [0.15, 0.2) is 30.6 Å². The second-order valence-corrected chi connectivity index (χ2v) is 5.94. The lowest BCUT2D eigenvalue weighted by Crippen LogP contribution is -2.28. The topological polar surface area (TPSA) is 69.0 Å². The minimum Gasteiger partial charge on any atom is -0.486 e. The van der Waals surface area contributed by atoms with Crippen LogP contribution in [0.25, 0.3) is 0 Å². The molecule has 3 rings (SSSR count). The Balaban J connectivity index is 1.59. The molecule has 0 aromatic carbocycles. The highest BCUT2D eigenvalue weighted by Gasteiger charge is 2.26. The summed E-state index contributed by atoms with van der Waals surface area (Å²) in [6, 6.07) is 5.58. The van der Waals surface area contributed by atoms with Crippen molar-refractivity contribution in [1.29, 1.82) is 0 Å². The van der Waals surface area contributed by atoms with Crippen LogP contribution >= 0.6 is 0 Å². The number of hydrogen-bond donors (Lipinski definition) is 1. The van der Waals surface area contributed by atoms with Gasteiger partial charge in [0.15, 0.2) is 0 Å². The van der Waals surface area contributed by atoms with Crippen LogP contribution in [0.2, 0.25) is 0 Å². The lowest BCUT2D eigenvalue weighted by Gasteiger charge is -2.12. The summed E-state index contributed by atoms with van der Waals surface area (Å²) in [6.07, 6.45) is 4.21. The molecule has 1 N–H and O–H groups in total. The van der Waals surface area contributed by atoms with Gasteiger partial charge in [-0.05, 0) is 24.1 Å². The third-order valence-electron chi connectivity index (χ3n) is 3.52. The van der Waals surface area contributed by atoms with Gasteiger partial charge < -0.3 is 10.1 Å². The molecule has 6 nitrogen and oxygen atoms in total. The first-order valence-electron chi connectivity index (χ1n) is 7.53. The summed E-state index contributed by atoms with van der Waals surface area (Å²) in [5.74, 6) is 1.07. The Hall–Kier alpha value is -2.37. The maximum atomic E-state index is 12.0. The second-order valence-electron chi connectivity index (χ2n) is 5.94. The number of aromatic nitrogens is 3. The molecule has 0 saturated carbocycles. The summed E-state index contributed by atoms with van der Waals surface area (Å²) >= 11 is 0. The second kappa shape index (κ2) is 6.17. The smallest absolute Gasteiger partial charge is 0.271 e. The van der Waals surface area contributed by atoms with E-state index in [2.05, 4.69) is 29.2 Å². The number of rotatable bonds is 5. The quantitative estimate of drug-likeness (QED) is 0.912. The number of nitrogens with one attached hydrogen (secondary N) is 1. The minimum absolute atomic E-state index is 0.0412. The zero-order valence-corrected chi connectivity index (χ0v) is 12.8. The number of ether oxygens (including phenoxy) is 1. The fraction of sp³-hybridized carbons (Fsp3) is 0.438. The van der Waals surface area contributed by atoms with Gasteiger partial charge in [-0.15, -0.1) is 0 Å². The highest BCUT2D eigenvalue weighted by Crippen LogP contribution is 2.20. The van der Waals surface area contributed by atoms with Crippen molar-refractivity contribution in [2.75, 3.05) is 6.54 Å². The van der Waals surface area contributed by atoms with Gasteiger partial charge in [-0.25, -0.2) is 0 Å². The fourth-order valence-electron chi connectivity index (χ4n) is 2.46. The van der Waals surface area contributed by atoms with Gasteiger partial charge in [0.1, 0.15) is 17.5 Å². The first-order chi connectivity index (χ1) is 10.6. The molecular weight excluding hydrogens is 280 g/mol. The van der Waals surface area contributed by atoms with Gasteiger partial charge in [0.2, 0.25) is 0 Å². The number of carbonyl (C=O) groups excluding carboxylic acids is 1. The molecule has 1 aliphatic heterocycles. The average molecular weight is 300 g/mol. The molecule has 6 heteroatoms. The van der Waals surface area contributed by atoms with Crippen LogP contribution in [0.1, 0.15) is 30.0 Å². The molecule has 0 unspecified atom stereocenters. The Labute approximate surface area is 129 Å². The molecule has 0 bridgehead atoms. The van der Waals surface area contributed by atoms with Crippen molar-refractivity contribution in [2.24, 2.45) is 5.92 Å². The van der Waals surface area contributed by atoms with Gasteiger partial charge in [0.25, 0.3) is 5.91 Å². The molecule has 1 aliphatic rings. The standard InChI is InChI=1S/C16H20N4O2/c1-11(2)8-18-16(21)15-7-12-6-14(10-20(12)19-15)22-13-4-3-5-17-9-13/h3-5,7,9,11,14H,6,8,10H2,1-2H3,(H,18,21)/t14-/m0/s1. The van der Waals surface area contributed by atoms with Crippen molar-refractivity contribution in [2.45, 2.75) is 32.9 Å². The average Bonchev–Trinajstić information content (AvgIpc) is 3.04. The zero-order valence-electron chi connectivity index (χ0n) is 12.8. The van der Waals surface area contributed by atoms with E-state index in [1.165, 1.54) is 0 Å². The van der Waals surface area contributed by atoms with Gasteiger partial charge in [-0.1, -0.05) is 13.8 Å². The van der Waals surface area contributed by atoms with E-state index in [-0.39, 0.29) is 12.0 Å². The minimum atomic E-state index is -0.111. The highest BCUT2D eigenvalue weighted by molar-refractivity contribution is 5.92. The summed E-state index contributed by atoms with van der Waals surface area (Å²) in [4.78, 5) is 16.0. The van der Waals surface area contributed by atoms with E-state index in [0.29, 0.717) is 24.7 Å². The maximum absolute atomic E-state index is 12.0. The molecule has 22 heavy (non-hydrogen) atoms. The molecule has 2 aromatic heterocycles. The summed E-state index contributed by atoms with van der Waals surface area (Å²) < 4.78 is 7.72. The molecule has 2 aromatic rings. The molecule has 0 aliphatic carbocycles. The Morgan fingerprint density at radius 1 is 1.55 bits per heavy atom. The number of amides is 1. The molecule has 0 fully saturated rings. The fourth-order valence-corrected chi connectivity index (χ4v) is 2.46. The lowest BCUT2D eigenvalue weighted by molar-refractivity contribution is 0.0942. The van der Waals surface area contributed by atoms with Crippen LogP contribution in [-0.2, 0) is 13.0 Å². The number of pyridine rings is 1. The number of carbonyl (C=O) groups is 1. The number of fused-ring (bicyclic) bond motifs is 1. The molecule has 0 spiro atoms. The van der Waals surface area contributed by atoms with E-state index in [4.69, 9.17) is 4.74 Å². The molecule has 1 amide bonds. The Morgan fingerprint density at radius 3 is 3.09 bits per heavy atom. The third kappa shape index (κ3) is 3.27. The van der Waals surface area contributed by atoms with Crippen molar-refractivity contribution in [3.63, 3.8) is 0 Å². The zero-order chi connectivity index (χ0) is 15.5. The summed E-state index contributed by atoms with van der Waals surface area (Å²) in [7, 11) is 0. The third-order valence-corrected chi connectivity index (χ3v) is 3.52. The Bertz CT molecular complexity index is 628. The van der Waals surface area contributed by atoms with Gasteiger partial charge in [-0.2, -0.15) is 5.10 Å². The number of hydrogen-bond acceptors (Lipinski definition) is 4. The van der Waals surface area contributed by atoms with Crippen LogP contribution in [0.3, 0.4) is 0 Å². The van der Waals surface area contributed by atoms with Crippen LogP contribution in [-0.4, -0.2) is 33.3 Å². The Kier molecular flexibility index (Phi) is 4.09. The highest BCUT2D eigenvalue weighted by atomic mass is 16.5. The van der Waals surface area contributed by atoms with Gasteiger partial charge >= 0.3 is 0 Å². The van der Waals surface area contributed by atoms with Crippen molar-refractivity contribution in [1.82, 2.24) is 20.1 Å². The largest absolute Gasteiger partial charge is 0.486 e. The SMILES string of the molecule is CC(C)CNC(=O)c1cc2n(n1)C[C@@H](Oc1cccnc1)C2. The normalized spacial score (nSPS) is 16.6. The van der Waals surface area contributed by atoms with Crippen LogP contribution in [0.4, 0.5) is 0 Å². The monoisotopic (exact) mass is 300 g/mol. The first kappa shape index (κ1) is 14.6. The van der Waals surface area contributed by atoms with Gasteiger partial charge in [-0.3, -0.25) is 14.5 Å². The summed E-state index contributed by atoms with van der Waals surface area (Å²) in [6.45, 7) is 5.44. The molecule has 3 heterocycles. The van der Waals surface area contributed by atoms with E-state index in [1.54, 1.807) is 12.4 Å². The summed E-state index contributed by atoms with van der Waals surface area (Å²) in [5, 5.41) is 7.25.